The molecule has 3 nitrogen and oxygen atoms in total. The molecule has 82 valence electrons. The van der Waals surface area contributed by atoms with Crippen molar-refractivity contribution in [3.8, 4) is 0 Å². The number of piperazine rings is 1. The summed E-state index contributed by atoms with van der Waals surface area (Å²) in [6, 6.07) is 0.654. The zero-order valence-corrected chi connectivity index (χ0v) is 9.33. The Morgan fingerprint density at radius 2 is 2.29 bits per heavy atom. The van der Waals surface area contributed by atoms with E-state index >= 15 is 0 Å². The number of hydrogen-bond donors (Lipinski definition) is 1. The first-order chi connectivity index (χ1) is 6.75. The Hall–Kier alpha value is -0.120. The van der Waals surface area contributed by atoms with Gasteiger partial charge in [-0.2, -0.15) is 0 Å². The third-order valence-corrected chi connectivity index (χ3v) is 3.48. The fourth-order valence-corrected chi connectivity index (χ4v) is 2.53. The van der Waals surface area contributed by atoms with Crippen LogP contribution in [-0.2, 0) is 4.74 Å². The lowest BCUT2D eigenvalue weighted by molar-refractivity contribution is 0.0870. The Labute approximate surface area is 86.8 Å². The maximum absolute atomic E-state index is 5.59. The van der Waals surface area contributed by atoms with E-state index in [0.717, 1.165) is 19.1 Å². The third kappa shape index (κ3) is 2.47. The van der Waals surface area contributed by atoms with Crippen molar-refractivity contribution < 1.29 is 4.74 Å². The monoisotopic (exact) mass is 198 g/mol. The average molecular weight is 198 g/mol. The van der Waals surface area contributed by atoms with Crippen LogP contribution in [0.4, 0.5) is 0 Å². The molecule has 0 saturated carbocycles. The molecule has 0 aliphatic carbocycles. The van der Waals surface area contributed by atoms with Gasteiger partial charge in [0.05, 0.1) is 6.10 Å². The Morgan fingerprint density at radius 1 is 1.43 bits per heavy atom. The highest BCUT2D eigenvalue weighted by atomic mass is 16.5. The van der Waals surface area contributed by atoms with Crippen LogP contribution in [0, 0.1) is 5.92 Å². The van der Waals surface area contributed by atoms with Gasteiger partial charge in [-0.1, -0.05) is 0 Å². The van der Waals surface area contributed by atoms with E-state index in [1.54, 1.807) is 0 Å². The summed E-state index contributed by atoms with van der Waals surface area (Å²) in [6.07, 6.45) is 1.72. The third-order valence-electron chi connectivity index (χ3n) is 3.48. The van der Waals surface area contributed by atoms with Crippen molar-refractivity contribution in [1.82, 2.24) is 10.2 Å². The highest BCUT2D eigenvalue weighted by Gasteiger charge is 2.27. The summed E-state index contributed by atoms with van der Waals surface area (Å²) < 4.78 is 5.59. The molecule has 2 heterocycles. The minimum Gasteiger partial charge on any atom is -0.378 e. The maximum atomic E-state index is 5.59. The molecule has 2 fully saturated rings. The molecule has 0 aromatic rings. The molecule has 14 heavy (non-hydrogen) atoms. The van der Waals surface area contributed by atoms with E-state index in [4.69, 9.17) is 4.74 Å². The van der Waals surface area contributed by atoms with Crippen LogP contribution in [0.5, 0.6) is 0 Å². The Balaban J connectivity index is 1.78. The van der Waals surface area contributed by atoms with Crippen LogP contribution in [0.3, 0.4) is 0 Å². The van der Waals surface area contributed by atoms with Crippen molar-refractivity contribution in [3.05, 3.63) is 0 Å². The van der Waals surface area contributed by atoms with Crippen molar-refractivity contribution in [2.75, 3.05) is 32.8 Å². The van der Waals surface area contributed by atoms with Crippen LogP contribution < -0.4 is 5.32 Å². The number of nitrogens with one attached hydrogen (secondary N) is 1. The van der Waals surface area contributed by atoms with Crippen molar-refractivity contribution >= 4 is 0 Å². The van der Waals surface area contributed by atoms with Crippen molar-refractivity contribution in [1.29, 1.82) is 0 Å². The predicted octanol–water partition coefficient (Wildman–Crippen LogP) is 0.705. The largest absolute Gasteiger partial charge is 0.378 e. The normalized spacial score (nSPS) is 40.3. The minimum atomic E-state index is 0.472. The van der Waals surface area contributed by atoms with Crippen molar-refractivity contribution in [2.24, 2.45) is 5.92 Å². The van der Waals surface area contributed by atoms with E-state index in [0.29, 0.717) is 12.1 Å². The maximum Gasteiger partial charge on any atom is 0.0588 e. The van der Waals surface area contributed by atoms with Crippen LogP contribution in [0.2, 0.25) is 0 Å². The summed E-state index contributed by atoms with van der Waals surface area (Å²) >= 11 is 0. The van der Waals surface area contributed by atoms with E-state index < -0.39 is 0 Å². The molecule has 0 spiro atoms. The van der Waals surface area contributed by atoms with E-state index in [2.05, 4.69) is 24.1 Å². The van der Waals surface area contributed by atoms with Gasteiger partial charge < -0.3 is 15.0 Å². The fraction of sp³-hybridized carbons (Fsp3) is 1.00. The van der Waals surface area contributed by atoms with Crippen LogP contribution >= 0.6 is 0 Å². The second-order valence-corrected chi connectivity index (χ2v) is 4.74. The molecule has 2 aliphatic heterocycles. The van der Waals surface area contributed by atoms with Crippen LogP contribution in [0.1, 0.15) is 20.3 Å². The summed E-state index contributed by atoms with van der Waals surface area (Å²) in [6.45, 7) is 10.2. The molecule has 2 saturated heterocycles. The van der Waals surface area contributed by atoms with Crippen LogP contribution in [0.25, 0.3) is 0 Å². The quantitative estimate of drug-likeness (QED) is 0.707. The van der Waals surface area contributed by atoms with Gasteiger partial charge in [-0.05, 0) is 26.2 Å². The van der Waals surface area contributed by atoms with Gasteiger partial charge in [0.1, 0.15) is 0 Å². The molecule has 3 atom stereocenters. The molecule has 1 N–H and O–H groups in total. The molecule has 3 unspecified atom stereocenters. The van der Waals surface area contributed by atoms with Crippen molar-refractivity contribution in [3.63, 3.8) is 0 Å². The second kappa shape index (κ2) is 4.60. The molecular weight excluding hydrogens is 176 g/mol. The molecule has 3 heteroatoms. The molecule has 0 bridgehead atoms. The van der Waals surface area contributed by atoms with Gasteiger partial charge in [-0.25, -0.2) is 0 Å². The topological polar surface area (TPSA) is 24.5 Å². The van der Waals surface area contributed by atoms with Gasteiger partial charge in [0, 0.05) is 38.8 Å². The second-order valence-electron chi connectivity index (χ2n) is 4.74. The Morgan fingerprint density at radius 3 is 2.93 bits per heavy atom. The first kappa shape index (κ1) is 10.4. The zero-order valence-electron chi connectivity index (χ0n) is 9.33. The van der Waals surface area contributed by atoms with Crippen LogP contribution in [-0.4, -0.2) is 49.8 Å². The summed E-state index contributed by atoms with van der Waals surface area (Å²) in [5.74, 6) is 0.764. The van der Waals surface area contributed by atoms with E-state index in [9.17, 15) is 0 Å². The molecule has 0 aromatic carbocycles. The van der Waals surface area contributed by atoms with E-state index in [1.165, 1.54) is 26.1 Å². The number of rotatable bonds is 2. The lowest BCUT2D eigenvalue weighted by atomic mass is 10.0. The summed E-state index contributed by atoms with van der Waals surface area (Å²) in [5.41, 5.74) is 0. The standard InChI is InChI=1S/C11H22N2O/c1-9-7-13(5-4-12-9)8-11-3-6-14-10(11)2/h9-12H,3-8H2,1-2H3. The summed E-state index contributed by atoms with van der Waals surface area (Å²) in [5, 5.41) is 3.48. The molecular formula is C11H22N2O. The van der Waals surface area contributed by atoms with E-state index in [1.807, 2.05) is 0 Å². The molecule has 2 rings (SSSR count). The van der Waals surface area contributed by atoms with Gasteiger partial charge >= 0.3 is 0 Å². The van der Waals surface area contributed by atoms with Gasteiger partial charge in [0.25, 0.3) is 0 Å². The SMILES string of the molecule is CC1CN(CC2CCOC2C)CCN1. The van der Waals surface area contributed by atoms with E-state index in [-0.39, 0.29) is 0 Å². The number of hydrogen-bond acceptors (Lipinski definition) is 3. The highest BCUT2D eigenvalue weighted by molar-refractivity contribution is 4.81. The minimum absolute atomic E-state index is 0.472. The first-order valence-electron chi connectivity index (χ1n) is 5.83. The Kier molecular flexibility index (Phi) is 3.42. The highest BCUT2D eigenvalue weighted by Crippen LogP contribution is 2.21. The van der Waals surface area contributed by atoms with Crippen LogP contribution in [0.15, 0.2) is 0 Å². The summed E-state index contributed by atoms with van der Waals surface area (Å²) in [4.78, 5) is 2.58. The summed E-state index contributed by atoms with van der Waals surface area (Å²) in [7, 11) is 0. The van der Waals surface area contributed by atoms with Gasteiger partial charge in [-0.15, -0.1) is 0 Å². The smallest absolute Gasteiger partial charge is 0.0588 e. The zero-order chi connectivity index (χ0) is 9.97. The molecule has 0 aromatic heterocycles. The van der Waals surface area contributed by atoms with Gasteiger partial charge in [0.15, 0.2) is 0 Å². The van der Waals surface area contributed by atoms with Gasteiger partial charge in [0.2, 0.25) is 0 Å². The average Bonchev–Trinajstić information content (AvgIpc) is 2.52. The van der Waals surface area contributed by atoms with Gasteiger partial charge in [-0.3, -0.25) is 0 Å². The molecule has 2 aliphatic rings. The lowest BCUT2D eigenvalue weighted by Crippen LogP contribution is -2.50. The lowest BCUT2D eigenvalue weighted by Gasteiger charge is -2.34. The first-order valence-corrected chi connectivity index (χ1v) is 5.83. The fourth-order valence-electron chi connectivity index (χ4n) is 2.53. The number of nitrogens with zero attached hydrogens (tertiary/aromatic N) is 1. The van der Waals surface area contributed by atoms with Crippen molar-refractivity contribution in [2.45, 2.75) is 32.4 Å². The molecule has 0 amide bonds. The Bertz CT molecular complexity index is 186. The predicted molar refractivity (Wildman–Crippen MR) is 57.4 cm³/mol. The number of ether oxygens (including phenoxy) is 1. The molecule has 0 radical (unpaired) electrons.